The van der Waals surface area contributed by atoms with Crippen LogP contribution in [0.15, 0.2) is 56.1 Å². The highest BCUT2D eigenvalue weighted by atomic mass is 16.4. The van der Waals surface area contributed by atoms with Gasteiger partial charge in [0.25, 0.3) is 0 Å². The summed E-state index contributed by atoms with van der Waals surface area (Å²) in [6, 6.07) is 13.9. The molecule has 6 heteroatoms. The highest BCUT2D eigenvalue weighted by molar-refractivity contribution is 6.03. The van der Waals surface area contributed by atoms with E-state index >= 15 is 0 Å². The van der Waals surface area contributed by atoms with Gasteiger partial charge in [0.05, 0.1) is 17.6 Å². The van der Waals surface area contributed by atoms with Gasteiger partial charge < -0.3 is 18.8 Å². The van der Waals surface area contributed by atoms with Crippen molar-refractivity contribution in [3.8, 4) is 11.1 Å². The van der Waals surface area contributed by atoms with Gasteiger partial charge in [0, 0.05) is 41.4 Å². The summed E-state index contributed by atoms with van der Waals surface area (Å²) in [6.07, 6.45) is 4.52. The lowest BCUT2D eigenvalue weighted by Gasteiger charge is -2.47. The maximum Gasteiger partial charge on any atom is 0.340 e. The van der Waals surface area contributed by atoms with Crippen LogP contribution in [0.1, 0.15) is 49.0 Å². The molecule has 36 heavy (non-hydrogen) atoms. The van der Waals surface area contributed by atoms with Crippen LogP contribution in [0.3, 0.4) is 0 Å². The van der Waals surface area contributed by atoms with E-state index in [2.05, 4.69) is 12.1 Å². The number of amides is 1. The van der Waals surface area contributed by atoms with E-state index in [0.29, 0.717) is 36.2 Å². The first-order valence-corrected chi connectivity index (χ1v) is 12.9. The second kappa shape index (κ2) is 8.63. The second-order valence-corrected chi connectivity index (χ2v) is 10.5. The van der Waals surface area contributed by atoms with Crippen LogP contribution in [0.4, 0.5) is 0 Å². The number of nitrogens with zero attached hydrogens (tertiary/aromatic N) is 1. The number of furan rings is 1. The van der Waals surface area contributed by atoms with Crippen molar-refractivity contribution in [3.63, 3.8) is 0 Å². The highest BCUT2D eigenvalue weighted by Crippen LogP contribution is 2.40. The quantitative estimate of drug-likeness (QED) is 0.386. The summed E-state index contributed by atoms with van der Waals surface area (Å²) in [5.74, 6) is 0.837. The Morgan fingerprint density at radius 1 is 1.06 bits per heavy atom. The van der Waals surface area contributed by atoms with Crippen LogP contribution in [0.2, 0.25) is 0 Å². The van der Waals surface area contributed by atoms with E-state index in [1.54, 1.807) is 6.07 Å². The highest BCUT2D eigenvalue weighted by Gasteiger charge is 2.43. The van der Waals surface area contributed by atoms with Crippen molar-refractivity contribution in [2.24, 2.45) is 5.92 Å². The number of fused-ring (bicyclic) bond motifs is 3. The molecule has 0 radical (unpaired) electrons. The third-order valence-electron chi connectivity index (χ3n) is 8.44. The van der Waals surface area contributed by atoms with Crippen LogP contribution >= 0.6 is 0 Å². The maximum atomic E-state index is 13.3. The number of carbonyl (C=O) groups excluding carboxylic acids is 1. The van der Waals surface area contributed by atoms with E-state index in [9.17, 15) is 14.7 Å². The Morgan fingerprint density at radius 2 is 1.83 bits per heavy atom. The number of carbonyl (C=O) groups is 1. The summed E-state index contributed by atoms with van der Waals surface area (Å²) in [6.45, 7) is 4.91. The Morgan fingerprint density at radius 3 is 2.64 bits per heavy atom. The van der Waals surface area contributed by atoms with Crippen molar-refractivity contribution >= 4 is 27.8 Å². The zero-order valence-electron chi connectivity index (χ0n) is 20.8. The number of rotatable bonds is 3. The molecule has 2 atom stereocenters. The summed E-state index contributed by atoms with van der Waals surface area (Å²) in [4.78, 5) is 28.1. The Labute approximate surface area is 209 Å². The molecule has 4 aromatic rings. The molecule has 2 aliphatic rings. The molecule has 2 aromatic heterocycles. The third-order valence-corrected chi connectivity index (χ3v) is 8.44. The third kappa shape index (κ3) is 3.75. The molecule has 0 spiro atoms. The molecule has 1 saturated carbocycles. The Bertz CT molecular complexity index is 1530. The average molecular weight is 486 g/mol. The topological polar surface area (TPSA) is 83.9 Å². The minimum Gasteiger partial charge on any atom is -0.461 e. The van der Waals surface area contributed by atoms with Gasteiger partial charge in [-0.15, -0.1) is 0 Å². The lowest BCUT2D eigenvalue weighted by Crippen LogP contribution is -2.55. The van der Waals surface area contributed by atoms with Crippen molar-refractivity contribution in [2.75, 3.05) is 13.1 Å². The average Bonchev–Trinajstić information content (AvgIpc) is 3.19. The molecule has 2 aromatic carbocycles. The van der Waals surface area contributed by atoms with E-state index in [4.69, 9.17) is 8.83 Å². The largest absolute Gasteiger partial charge is 0.461 e. The van der Waals surface area contributed by atoms with Gasteiger partial charge in [-0.25, -0.2) is 4.79 Å². The van der Waals surface area contributed by atoms with Crippen molar-refractivity contribution in [1.29, 1.82) is 0 Å². The standard InChI is InChI=1S/C30H31NO5/c1-18-22-14-24-26(35-19(2)28(24)20-8-4-3-5-9-20)16-25(22)36-29(33)23(18)15-27(32)31-13-12-30(34)11-7-6-10-21(30)17-31/h3-5,8-9,14,16,21,34H,6-7,10-13,15,17H2,1-2H3/t21-,30-/m0/s1. The molecule has 1 N–H and O–H groups in total. The zero-order chi connectivity index (χ0) is 25.0. The number of likely N-dealkylation sites (tertiary alicyclic amines) is 1. The number of aryl methyl sites for hydroxylation is 2. The predicted octanol–water partition coefficient (Wildman–Crippen LogP) is 5.52. The fourth-order valence-corrected chi connectivity index (χ4v) is 6.33. The molecule has 1 aliphatic heterocycles. The molecule has 0 bridgehead atoms. The minimum atomic E-state index is -0.641. The number of hydrogen-bond acceptors (Lipinski definition) is 5. The first-order valence-electron chi connectivity index (χ1n) is 12.9. The summed E-state index contributed by atoms with van der Waals surface area (Å²) < 4.78 is 11.7. The van der Waals surface area contributed by atoms with Gasteiger partial charge in [0.1, 0.15) is 16.9 Å². The first-order chi connectivity index (χ1) is 17.3. The minimum absolute atomic E-state index is 0.00322. The lowest BCUT2D eigenvalue weighted by molar-refractivity contribution is -0.142. The molecular weight excluding hydrogens is 454 g/mol. The van der Waals surface area contributed by atoms with E-state index in [1.165, 1.54) is 0 Å². The molecule has 6 rings (SSSR count). The Balaban J connectivity index is 1.36. The molecule has 0 unspecified atom stereocenters. The van der Waals surface area contributed by atoms with Crippen molar-refractivity contribution in [3.05, 3.63) is 69.8 Å². The lowest BCUT2D eigenvalue weighted by atomic mass is 9.71. The summed E-state index contributed by atoms with van der Waals surface area (Å²) in [5, 5.41) is 12.7. The van der Waals surface area contributed by atoms with Crippen molar-refractivity contribution < 1.29 is 18.7 Å². The van der Waals surface area contributed by atoms with Crippen molar-refractivity contribution in [2.45, 2.75) is 58.0 Å². The maximum absolute atomic E-state index is 13.3. The molecular formula is C30H31NO5. The normalized spacial score (nSPS) is 22.2. The van der Waals surface area contributed by atoms with Gasteiger partial charge in [-0.2, -0.15) is 0 Å². The Kier molecular flexibility index (Phi) is 5.52. The molecule has 3 heterocycles. The van der Waals surface area contributed by atoms with Crippen molar-refractivity contribution in [1.82, 2.24) is 4.90 Å². The van der Waals surface area contributed by atoms with E-state index in [0.717, 1.165) is 58.9 Å². The van der Waals surface area contributed by atoms with Gasteiger partial charge in [-0.05, 0) is 50.3 Å². The SMILES string of the molecule is Cc1oc2cc3oc(=O)c(CC(=O)N4CC[C@@]5(O)CCCC[C@H]5C4)c(C)c3cc2c1-c1ccccc1. The second-order valence-electron chi connectivity index (χ2n) is 10.5. The summed E-state index contributed by atoms with van der Waals surface area (Å²) >= 11 is 0. The van der Waals surface area contributed by atoms with Crippen LogP contribution in [-0.4, -0.2) is 34.6 Å². The fourth-order valence-electron chi connectivity index (χ4n) is 6.33. The van der Waals surface area contributed by atoms with E-state index in [-0.39, 0.29) is 18.2 Å². The van der Waals surface area contributed by atoms with E-state index < -0.39 is 11.2 Å². The smallest absolute Gasteiger partial charge is 0.340 e. The van der Waals surface area contributed by atoms with Crippen LogP contribution in [0.5, 0.6) is 0 Å². The van der Waals surface area contributed by atoms with Crippen LogP contribution in [-0.2, 0) is 11.2 Å². The monoisotopic (exact) mass is 485 g/mol. The van der Waals surface area contributed by atoms with E-state index in [1.807, 2.05) is 43.0 Å². The molecule has 1 saturated heterocycles. The number of aliphatic hydroxyl groups is 1. The van der Waals surface area contributed by atoms with Gasteiger partial charge in [0.15, 0.2) is 0 Å². The fraction of sp³-hybridized carbons (Fsp3) is 0.400. The van der Waals surface area contributed by atoms with Crippen LogP contribution < -0.4 is 5.63 Å². The van der Waals surface area contributed by atoms with Crippen LogP contribution in [0.25, 0.3) is 33.1 Å². The van der Waals surface area contributed by atoms with Gasteiger partial charge >= 0.3 is 5.63 Å². The molecule has 186 valence electrons. The molecule has 6 nitrogen and oxygen atoms in total. The zero-order valence-corrected chi connectivity index (χ0v) is 20.8. The molecule has 1 amide bonds. The Hall–Kier alpha value is -3.38. The summed E-state index contributed by atoms with van der Waals surface area (Å²) in [5.41, 5.74) is 3.25. The molecule has 1 aliphatic carbocycles. The van der Waals surface area contributed by atoms with Gasteiger partial charge in [-0.1, -0.05) is 43.2 Å². The predicted molar refractivity (Wildman–Crippen MR) is 139 cm³/mol. The van der Waals surface area contributed by atoms with Gasteiger partial charge in [0.2, 0.25) is 5.91 Å². The molecule has 2 fully saturated rings. The number of hydrogen-bond donors (Lipinski definition) is 1. The number of piperidine rings is 1. The number of benzene rings is 2. The van der Waals surface area contributed by atoms with Crippen LogP contribution in [0, 0.1) is 19.8 Å². The summed E-state index contributed by atoms with van der Waals surface area (Å²) in [7, 11) is 0. The first kappa shape index (κ1) is 23.0. The van der Waals surface area contributed by atoms with Gasteiger partial charge in [-0.3, -0.25) is 4.79 Å².